The van der Waals surface area contributed by atoms with Gasteiger partial charge in [-0.25, -0.2) is 9.59 Å². The lowest BCUT2D eigenvalue weighted by atomic mass is 9.92. The van der Waals surface area contributed by atoms with Gasteiger partial charge in [-0.3, -0.25) is 0 Å². The van der Waals surface area contributed by atoms with E-state index in [0.29, 0.717) is 37.6 Å². The molecule has 0 radical (unpaired) electrons. The molecule has 0 unspecified atom stereocenters. The van der Waals surface area contributed by atoms with Crippen LogP contribution in [0.25, 0.3) is 0 Å². The molecule has 0 saturated carbocycles. The molecule has 0 bridgehead atoms. The fourth-order valence-corrected chi connectivity index (χ4v) is 3.23. The Morgan fingerprint density at radius 1 is 1.19 bits per heavy atom. The van der Waals surface area contributed by atoms with Crippen molar-refractivity contribution >= 4 is 12.1 Å². The van der Waals surface area contributed by atoms with Crippen LogP contribution in [0.4, 0.5) is 9.59 Å². The molecule has 1 aliphatic rings. The molecule has 0 spiro atoms. The fraction of sp³-hybridized carbons (Fsp3) is 0.579. The summed E-state index contributed by atoms with van der Waals surface area (Å²) in [5.41, 5.74) is 2.04. The van der Waals surface area contributed by atoms with Crippen LogP contribution in [-0.2, 0) is 6.42 Å². The summed E-state index contributed by atoms with van der Waals surface area (Å²) in [6.07, 6.45) is 0.707. The van der Waals surface area contributed by atoms with E-state index in [0.717, 1.165) is 11.1 Å². The van der Waals surface area contributed by atoms with E-state index in [1.54, 1.807) is 19.1 Å². The van der Waals surface area contributed by atoms with Gasteiger partial charge in [-0.05, 0) is 50.5 Å². The summed E-state index contributed by atoms with van der Waals surface area (Å²) >= 11 is 0. The number of amides is 4. The molecule has 0 aromatic heterocycles. The molecule has 8 heteroatoms. The maximum Gasteiger partial charge on any atom is 0.318 e. The molecule has 27 heavy (non-hydrogen) atoms. The second-order valence-electron chi connectivity index (χ2n) is 6.71. The Morgan fingerprint density at radius 2 is 1.85 bits per heavy atom. The van der Waals surface area contributed by atoms with Gasteiger partial charge in [0.05, 0.1) is 20.3 Å². The molecule has 3 N–H and O–H groups in total. The molecule has 1 heterocycles. The van der Waals surface area contributed by atoms with Crippen LogP contribution < -0.4 is 25.4 Å². The molecule has 1 atom stereocenters. The van der Waals surface area contributed by atoms with E-state index in [1.165, 1.54) is 0 Å². The quantitative estimate of drug-likeness (QED) is 0.706. The van der Waals surface area contributed by atoms with Crippen LogP contribution >= 0.6 is 0 Å². The summed E-state index contributed by atoms with van der Waals surface area (Å²) in [5.74, 6) is 1.26. The summed E-state index contributed by atoms with van der Waals surface area (Å²) in [4.78, 5) is 26.4. The Morgan fingerprint density at radius 3 is 2.44 bits per heavy atom. The average molecular weight is 378 g/mol. The smallest absolute Gasteiger partial charge is 0.318 e. The van der Waals surface area contributed by atoms with Crippen LogP contribution in [0.5, 0.6) is 11.5 Å². The Kier molecular flexibility index (Phi) is 7.15. The lowest BCUT2D eigenvalue weighted by molar-refractivity contribution is 0.164. The summed E-state index contributed by atoms with van der Waals surface area (Å²) < 4.78 is 10.8. The van der Waals surface area contributed by atoms with Gasteiger partial charge in [-0.2, -0.15) is 0 Å². The predicted molar refractivity (Wildman–Crippen MR) is 103 cm³/mol. The topological polar surface area (TPSA) is 91.9 Å². The minimum Gasteiger partial charge on any atom is -0.493 e. The lowest BCUT2D eigenvalue weighted by Crippen LogP contribution is -2.51. The zero-order valence-corrected chi connectivity index (χ0v) is 16.7. The number of rotatable bonds is 6. The van der Waals surface area contributed by atoms with Gasteiger partial charge in [-0.15, -0.1) is 0 Å². The molecule has 0 fully saturated rings. The minimum atomic E-state index is -0.296. The monoisotopic (exact) mass is 378 g/mol. The molecule has 1 aromatic rings. The van der Waals surface area contributed by atoms with Crippen LogP contribution in [0.15, 0.2) is 12.1 Å². The van der Waals surface area contributed by atoms with E-state index in [2.05, 4.69) is 16.0 Å². The highest BCUT2D eigenvalue weighted by atomic mass is 16.5. The van der Waals surface area contributed by atoms with Gasteiger partial charge in [0.25, 0.3) is 0 Å². The Hall–Kier alpha value is -2.64. The van der Waals surface area contributed by atoms with Gasteiger partial charge in [0.15, 0.2) is 11.5 Å². The van der Waals surface area contributed by atoms with Gasteiger partial charge in [0.1, 0.15) is 0 Å². The Bertz CT molecular complexity index is 678. The number of nitrogens with one attached hydrogen (secondary N) is 3. The minimum absolute atomic E-state index is 0.0290. The lowest BCUT2D eigenvalue weighted by Gasteiger charge is -2.38. The fourth-order valence-electron chi connectivity index (χ4n) is 3.23. The Labute approximate surface area is 160 Å². The molecule has 2 rings (SSSR count). The average Bonchev–Trinajstić information content (AvgIpc) is 2.64. The second-order valence-corrected chi connectivity index (χ2v) is 6.71. The van der Waals surface area contributed by atoms with Crippen LogP contribution in [0.1, 0.15) is 37.9 Å². The van der Waals surface area contributed by atoms with Crippen molar-refractivity contribution in [2.24, 2.45) is 0 Å². The third-order valence-corrected chi connectivity index (χ3v) is 4.47. The highest BCUT2D eigenvalue weighted by Crippen LogP contribution is 2.37. The van der Waals surface area contributed by atoms with Gasteiger partial charge in [0, 0.05) is 25.7 Å². The van der Waals surface area contributed by atoms with Crippen molar-refractivity contribution in [1.29, 1.82) is 0 Å². The summed E-state index contributed by atoms with van der Waals surface area (Å²) in [6.45, 7) is 7.10. The van der Waals surface area contributed by atoms with Gasteiger partial charge < -0.3 is 30.3 Å². The van der Waals surface area contributed by atoms with Gasteiger partial charge >= 0.3 is 12.1 Å². The Balaban J connectivity index is 2.35. The van der Waals surface area contributed by atoms with Crippen molar-refractivity contribution in [2.75, 3.05) is 33.9 Å². The molecule has 4 amide bonds. The summed E-state index contributed by atoms with van der Waals surface area (Å²) in [7, 11) is 3.18. The first-order chi connectivity index (χ1) is 12.9. The van der Waals surface area contributed by atoms with Crippen molar-refractivity contribution in [3.63, 3.8) is 0 Å². The van der Waals surface area contributed by atoms with E-state index < -0.39 is 0 Å². The first kappa shape index (κ1) is 20.7. The van der Waals surface area contributed by atoms with E-state index in [9.17, 15) is 9.59 Å². The number of carbonyl (C=O) groups excluding carboxylic acids is 2. The van der Waals surface area contributed by atoms with Crippen molar-refractivity contribution < 1.29 is 19.1 Å². The number of urea groups is 2. The number of ether oxygens (including phenoxy) is 2. The SMILES string of the molecule is CCNC(=O)NC[C@H]1c2cc(OC)c(OC)cc2CCN1C(=O)NC(C)C. The van der Waals surface area contributed by atoms with E-state index in [-0.39, 0.29) is 24.1 Å². The molecule has 150 valence electrons. The van der Waals surface area contributed by atoms with Crippen molar-refractivity contribution in [3.05, 3.63) is 23.3 Å². The molecule has 0 aliphatic carbocycles. The van der Waals surface area contributed by atoms with Crippen molar-refractivity contribution in [3.8, 4) is 11.5 Å². The molecule has 1 aliphatic heterocycles. The van der Waals surface area contributed by atoms with Crippen molar-refractivity contribution in [1.82, 2.24) is 20.9 Å². The molecular formula is C19H30N4O4. The third kappa shape index (κ3) is 4.96. The standard InChI is InChI=1S/C19H30N4O4/c1-6-20-18(24)21-11-15-14-10-17(27-5)16(26-4)9-13(14)7-8-23(15)19(25)22-12(2)3/h9-10,12,15H,6-8,11H2,1-5H3,(H,22,25)(H2,20,21,24)/t15-/m0/s1. The van der Waals surface area contributed by atoms with Crippen LogP contribution in [0.3, 0.4) is 0 Å². The molecule has 8 nitrogen and oxygen atoms in total. The highest BCUT2D eigenvalue weighted by Gasteiger charge is 2.32. The zero-order valence-electron chi connectivity index (χ0n) is 16.7. The highest BCUT2D eigenvalue weighted by molar-refractivity contribution is 5.76. The van der Waals surface area contributed by atoms with Crippen molar-refractivity contribution in [2.45, 2.75) is 39.3 Å². The first-order valence-corrected chi connectivity index (χ1v) is 9.24. The normalized spacial score (nSPS) is 15.8. The summed E-state index contributed by atoms with van der Waals surface area (Å²) in [5, 5.41) is 8.51. The van der Waals surface area contributed by atoms with E-state index in [4.69, 9.17) is 9.47 Å². The first-order valence-electron chi connectivity index (χ1n) is 9.24. The van der Waals surface area contributed by atoms with E-state index in [1.807, 2.05) is 32.9 Å². The number of fused-ring (bicyclic) bond motifs is 1. The molecule has 0 saturated heterocycles. The number of benzene rings is 1. The molecular weight excluding hydrogens is 348 g/mol. The van der Waals surface area contributed by atoms with Gasteiger partial charge in [0.2, 0.25) is 0 Å². The largest absolute Gasteiger partial charge is 0.493 e. The van der Waals surface area contributed by atoms with Crippen LogP contribution in [0, 0.1) is 0 Å². The zero-order chi connectivity index (χ0) is 20.0. The summed E-state index contributed by atoms with van der Waals surface area (Å²) in [6, 6.07) is 3.18. The maximum atomic E-state index is 12.7. The number of hydrogen-bond acceptors (Lipinski definition) is 4. The number of methoxy groups -OCH3 is 2. The maximum absolute atomic E-state index is 12.7. The number of hydrogen-bond donors (Lipinski definition) is 3. The van der Waals surface area contributed by atoms with E-state index >= 15 is 0 Å². The van der Waals surface area contributed by atoms with Gasteiger partial charge in [-0.1, -0.05) is 0 Å². The van der Waals surface area contributed by atoms with Crippen LogP contribution in [-0.4, -0.2) is 56.9 Å². The van der Waals surface area contributed by atoms with Crippen LogP contribution in [0.2, 0.25) is 0 Å². The molecule has 1 aromatic carbocycles. The number of nitrogens with zero attached hydrogens (tertiary/aromatic N) is 1. The predicted octanol–water partition coefficient (Wildman–Crippen LogP) is 2.04. The number of carbonyl (C=O) groups is 2. The third-order valence-electron chi connectivity index (χ3n) is 4.47. The second kappa shape index (κ2) is 9.34.